The lowest BCUT2D eigenvalue weighted by Crippen LogP contribution is -2.33. The van der Waals surface area contributed by atoms with Gasteiger partial charge in [0.15, 0.2) is 0 Å². The molecule has 2 N–H and O–H groups in total. The molecule has 0 radical (unpaired) electrons. The SMILES string of the molecule is C[C@@H](CCCc1ccccc1)[C@H](O)C=CC1CCC(=O)N1CCCCCCC(=O)O. The number of aryl methyl sites for hydroxylation is 1. The lowest BCUT2D eigenvalue weighted by molar-refractivity contribution is -0.137. The number of carboxylic acids is 1. The summed E-state index contributed by atoms with van der Waals surface area (Å²) in [5.41, 5.74) is 1.33. The Bertz CT molecular complexity index is 673. The van der Waals surface area contributed by atoms with E-state index < -0.39 is 12.1 Å². The van der Waals surface area contributed by atoms with E-state index in [2.05, 4.69) is 31.2 Å². The van der Waals surface area contributed by atoms with E-state index in [1.165, 1.54) is 5.56 Å². The fourth-order valence-electron chi connectivity index (χ4n) is 4.03. The molecule has 0 spiro atoms. The van der Waals surface area contributed by atoms with E-state index in [-0.39, 0.29) is 24.3 Å². The second kappa shape index (κ2) is 13.2. The summed E-state index contributed by atoms with van der Waals surface area (Å²) in [4.78, 5) is 24.7. The van der Waals surface area contributed by atoms with Crippen LogP contribution >= 0.6 is 0 Å². The number of unbranched alkanes of at least 4 members (excludes halogenated alkanes) is 3. The van der Waals surface area contributed by atoms with E-state index in [1.54, 1.807) is 0 Å². The number of aliphatic hydroxyl groups excluding tert-OH is 1. The van der Waals surface area contributed by atoms with Crippen LogP contribution in [0.2, 0.25) is 0 Å². The molecule has 1 aliphatic rings. The fourth-order valence-corrected chi connectivity index (χ4v) is 4.03. The summed E-state index contributed by atoms with van der Waals surface area (Å²) in [5, 5.41) is 19.2. The monoisotopic (exact) mass is 415 g/mol. The molecule has 1 aromatic carbocycles. The third kappa shape index (κ3) is 8.70. The minimum Gasteiger partial charge on any atom is -0.481 e. The molecular weight excluding hydrogens is 378 g/mol. The minimum atomic E-state index is -0.747. The van der Waals surface area contributed by atoms with Gasteiger partial charge in [-0.3, -0.25) is 9.59 Å². The third-order valence-corrected chi connectivity index (χ3v) is 6.00. The Kier molecular flexibility index (Phi) is 10.6. The maximum Gasteiger partial charge on any atom is 0.303 e. The lowest BCUT2D eigenvalue weighted by Gasteiger charge is -2.23. The van der Waals surface area contributed by atoms with E-state index in [0.717, 1.165) is 44.9 Å². The number of hydrogen-bond acceptors (Lipinski definition) is 3. The Hall–Kier alpha value is -2.14. The lowest BCUT2D eigenvalue weighted by atomic mass is 9.95. The van der Waals surface area contributed by atoms with Gasteiger partial charge in [0.1, 0.15) is 0 Å². The Balaban J connectivity index is 1.70. The van der Waals surface area contributed by atoms with Crippen LogP contribution < -0.4 is 0 Å². The average Bonchev–Trinajstić information content (AvgIpc) is 3.08. The smallest absolute Gasteiger partial charge is 0.303 e. The van der Waals surface area contributed by atoms with Crippen LogP contribution in [0.3, 0.4) is 0 Å². The number of nitrogens with zero attached hydrogens (tertiary/aromatic N) is 1. The Labute approximate surface area is 180 Å². The molecule has 1 unspecified atom stereocenters. The molecule has 5 nitrogen and oxygen atoms in total. The zero-order valence-electron chi connectivity index (χ0n) is 18.2. The number of amides is 1. The summed E-state index contributed by atoms with van der Waals surface area (Å²) in [5.74, 6) is -0.381. The second-order valence-electron chi connectivity index (χ2n) is 8.48. The van der Waals surface area contributed by atoms with Crippen LogP contribution in [0, 0.1) is 5.92 Å². The van der Waals surface area contributed by atoms with Crippen molar-refractivity contribution in [3.05, 3.63) is 48.0 Å². The summed E-state index contributed by atoms with van der Waals surface area (Å²) in [6, 6.07) is 10.5. The van der Waals surface area contributed by atoms with Crippen molar-refractivity contribution in [2.75, 3.05) is 6.54 Å². The predicted octanol–water partition coefficient (Wildman–Crippen LogP) is 4.59. The molecule has 5 heteroatoms. The molecule has 1 amide bonds. The van der Waals surface area contributed by atoms with E-state index >= 15 is 0 Å². The number of aliphatic carboxylic acids is 1. The highest BCUT2D eigenvalue weighted by molar-refractivity contribution is 5.79. The average molecular weight is 416 g/mol. The van der Waals surface area contributed by atoms with E-state index in [4.69, 9.17) is 5.11 Å². The van der Waals surface area contributed by atoms with E-state index in [0.29, 0.717) is 19.4 Å². The Morgan fingerprint density at radius 3 is 2.63 bits per heavy atom. The van der Waals surface area contributed by atoms with Crippen molar-refractivity contribution >= 4 is 11.9 Å². The summed E-state index contributed by atoms with van der Waals surface area (Å²) >= 11 is 0. The molecule has 166 valence electrons. The molecule has 30 heavy (non-hydrogen) atoms. The highest BCUT2D eigenvalue weighted by Gasteiger charge is 2.28. The number of rotatable bonds is 14. The van der Waals surface area contributed by atoms with Crippen LogP contribution in [0.4, 0.5) is 0 Å². The first-order chi connectivity index (χ1) is 14.5. The highest BCUT2D eigenvalue weighted by Crippen LogP contribution is 2.22. The van der Waals surface area contributed by atoms with Crippen molar-refractivity contribution in [3.8, 4) is 0 Å². The molecule has 1 aliphatic heterocycles. The van der Waals surface area contributed by atoms with Gasteiger partial charge in [-0.2, -0.15) is 0 Å². The van der Waals surface area contributed by atoms with E-state index in [9.17, 15) is 14.7 Å². The van der Waals surface area contributed by atoms with Crippen molar-refractivity contribution in [2.45, 2.75) is 83.3 Å². The summed E-state index contributed by atoms with van der Waals surface area (Å²) in [7, 11) is 0. The van der Waals surface area contributed by atoms with Crippen LogP contribution in [0.15, 0.2) is 42.5 Å². The number of hydrogen-bond donors (Lipinski definition) is 2. The predicted molar refractivity (Wildman–Crippen MR) is 119 cm³/mol. The first-order valence-corrected chi connectivity index (χ1v) is 11.4. The van der Waals surface area contributed by atoms with Gasteiger partial charge < -0.3 is 15.1 Å². The largest absolute Gasteiger partial charge is 0.481 e. The first-order valence-electron chi connectivity index (χ1n) is 11.4. The van der Waals surface area contributed by atoms with Crippen LogP contribution in [0.1, 0.15) is 70.3 Å². The molecule has 1 fully saturated rings. The van der Waals surface area contributed by atoms with Gasteiger partial charge in [-0.1, -0.05) is 62.2 Å². The van der Waals surface area contributed by atoms with Crippen LogP contribution in [-0.4, -0.2) is 45.7 Å². The summed E-state index contributed by atoms with van der Waals surface area (Å²) < 4.78 is 0. The molecule has 1 heterocycles. The molecule has 1 saturated heterocycles. The van der Waals surface area contributed by atoms with Crippen molar-refractivity contribution in [3.63, 3.8) is 0 Å². The van der Waals surface area contributed by atoms with Crippen LogP contribution in [0.25, 0.3) is 0 Å². The zero-order valence-corrected chi connectivity index (χ0v) is 18.2. The molecule has 0 aliphatic carbocycles. The van der Waals surface area contributed by atoms with Crippen LogP contribution in [-0.2, 0) is 16.0 Å². The normalized spacial score (nSPS) is 18.8. The molecule has 0 saturated carbocycles. The fraction of sp³-hybridized carbons (Fsp3) is 0.600. The molecule has 1 aromatic rings. The second-order valence-corrected chi connectivity index (χ2v) is 8.48. The molecule has 0 aromatic heterocycles. The highest BCUT2D eigenvalue weighted by atomic mass is 16.4. The van der Waals surface area contributed by atoms with Gasteiger partial charge in [-0.15, -0.1) is 0 Å². The number of carboxylic acid groups (broad SMARTS) is 1. The molecule has 3 atom stereocenters. The van der Waals surface area contributed by atoms with Gasteiger partial charge in [0.2, 0.25) is 5.91 Å². The van der Waals surface area contributed by atoms with Crippen molar-refractivity contribution in [1.82, 2.24) is 4.90 Å². The number of aliphatic hydroxyl groups is 1. The topological polar surface area (TPSA) is 77.8 Å². The van der Waals surface area contributed by atoms with Gasteiger partial charge in [-0.25, -0.2) is 0 Å². The van der Waals surface area contributed by atoms with Gasteiger partial charge >= 0.3 is 5.97 Å². The molecular formula is C25H37NO4. The first kappa shape index (κ1) is 24.1. The summed E-state index contributed by atoms with van der Waals surface area (Å²) in [6.07, 6.45) is 11.4. The van der Waals surface area contributed by atoms with Crippen molar-refractivity contribution in [2.24, 2.45) is 5.92 Å². The quantitative estimate of drug-likeness (QED) is 0.344. The van der Waals surface area contributed by atoms with Gasteiger partial charge in [0, 0.05) is 19.4 Å². The maximum atomic E-state index is 12.2. The maximum absolute atomic E-state index is 12.2. The third-order valence-electron chi connectivity index (χ3n) is 6.00. The van der Waals surface area contributed by atoms with Gasteiger partial charge in [0.05, 0.1) is 12.1 Å². The molecule has 0 bridgehead atoms. The number of likely N-dealkylation sites (tertiary alicyclic amines) is 1. The number of benzene rings is 1. The number of carbonyl (C=O) groups excluding carboxylic acids is 1. The van der Waals surface area contributed by atoms with Gasteiger partial charge in [-0.05, 0) is 50.0 Å². The van der Waals surface area contributed by atoms with Crippen LogP contribution in [0.5, 0.6) is 0 Å². The Morgan fingerprint density at radius 2 is 1.90 bits per heavy atom. The standard InChI is InChI=1S/C25H37NO4/c1-20(10-9-13-21-11-5-4-6-12-21)23(27)17-15-22-16-18-24(28)26(22)19-8-3-2-7-14-25(29)30/h4-6,11-12,15,17,20,22-23,27H,2-3,7-10,13-14,16,18-19H2,1H3,(H,29,30)/t20-,22?,23+/m0/s1. The van der Waals surface area contributed by atoms with Gasteiger partial charge in [0.25, 0.3) is 0 Å². The van der Waals surface area contributed by atoms with Crippen molar-refractivity contribution < 1.29 is 19.8 Å². The summed E-state index contributed by atoms with van der Waals surface area (Å²) in [6.45, 7) is 2.79. The number of carbonyl (C=O) groups is 2. The zero-order chi connectivity index (χ0) is 21.8. The van der Waals surface area contributed by atoms with Crippen molar-refractivity contribution in [1.29, 1.82) is 0 Å². The molecule has 2 rings (SSSR count). The van der Waals surface area contributed by atoms with E-state index in [1.807, 2.05) is 23.1 Å². The minimum absolute atomic E-state index is 0.0719. The Morgan fingerprint density at radius 1 is 1.17 bits per heavy atom.